The van der Waals surface area contributed by atoms with Gasteiger partial charge in [0.05, 0.1) is 31.1 Å². The monoisotopic (exact) mass is 386 g/mol. The van der Waals surface area contributed by atoms with Gasteiger partial charge in [-0.05, 0) is 50.3 Å². The van der Waals surface area contributed by atoms with Crippen LogP contribution in [0, 0.1) is 0 Å². The average Bonchev–Trinajstić information content (AvgIpc) is 3.52. The van der Waals surface area contributed by atoms with Gasteiger partial charge in [-0.1, -0.05) is 6.08 Å². The number of aryl methyl sites for hydroxylation is 1. The maximum Gasteiger partial charge on any atom is 0.253 e. The Balaban J connectivity index is 1.51. The Bertz CT molecular complexity index is 741. The van der Waals surface area contributed by atoms with Crippen LogP contribution in [0.4, 0.5) is 0 Å². The van der Waals surface area contributed by atoms with Crippen molar-refractivity contribution in [3.63, 3.8) is 0 Å². The maximum absolute atomic E-state index is 13.2. The van der Waals surface area contributed by atoms with Crippen LogP contribution in [-0.4, -0.2) is 61.3 Å². The first kappa shape index (κ1) is 19.5. The Labute approximate surface area is 166 Å². The number of aromatic nitrogens is 1. The van der Waals surface area contributed by atoms with E-state index in [1.54, 1.807) is 7.11 Å². The van der Waals surface area contributed by atoms with E-state index in [9.17, 15) is 4.79 Å². The number of nitrogens with zero attached hydrogens (tertiary/aromatic N) is 2. The first-order chi connectivity index (χ1) is 13.7. The minimum atomic E-state index is -0.386. The van der Waals surface area contributed by atoms with Gasteiger partial charge < -0.3 is 19.8 Å². The molecule has 28 heavy (non-hydrogen) atoms. The van der Waals surface area contributed by atoms with Crippen molar-refractivity contribution in [3.8, 4) is 0 Å². The topological polar surface area (TPSA) is 75.7 Å². The summed E-state index contributed by atoms with van der Waals surface area (Å²) in [4.78, 5) is 25.0. The fourth-order valence-corrected chi connectivity index (χ4v) is 3.98. The molecule has 7 heteroatoms. The van der Waals surface area contributed by atoms with E-state index in [-0.39, 0.29) is 18.1 Å². The number of rotatable bonds is 9. The van der Waals surface area contributed by atoms with Crippen molar-refractivity contribution in [2.24, 2.45) is 0 Å². The van der Waals surface area contributed by atoms with Crippen LogP contribution in [0.1, 0.15) is 54.7 Å². The Morgan fingerprint density at radius 3 is 2.96 bits per heavy atom. The van der Waals surface area contributed by atoms with Crippen LogP contribution in [-0.2, 0) is 20.8 Å². The number of pyridine rings is 1. The molecule has 4 rings (SSSR count). The lowest BCUT2D eigenvalue weighted by Crippen LogP contribution is -2.50. The lowest BCUT2D eigenvalue weighted by Gasteiger charge is -2.34. The summed E-state index contributed by atoms with van der Waals surface area (Å²) in [6.45, 7) is 4.89. The summed E-state index contributed by atoms with van der Waals surface area (Å²) in [5.74, 6) is 0.0908. The van der Waals surface area contributed by atoms with Crippen LogP contribution < -0.4 is 10.8 Å². The van der Waals surface area contributed by atoms with Gasteiger partial charge in [-0.2, -0.15) is 0 Å². The lowest BCUT2D eigenvalue weighted by atomic mass is 9.93. The molecule has 1 saturated heterocycles. The number of carbonyl (C=O) groups is 1. The highest BCUT2D eigenvalue weighted by Crippen LogP contribution is 2.37. The molecule has 3 aliphatic rings. The molecule has 2 aliphatic carbocycles. The van der Waals surface area contributed by atoms with Crippen molar-refractivity contribution in [2.75, 3.05) is 33.4 Å². The molecule has 0 bridgehead atoms. The fourth-order valence-electron chi connectivity index (χ4n) is 3.98. The van der Waals surface area contributed by atoms with E-state index in [2.05, 4.69) is 35.9 Å². The van der Waals surface area contributed by atoms with E-state index in [1.807, 2.05) is 4.90 Å². The molecule has 1 aromatic heterocycles. The first-order valence-corrected chi connectivity index (χ1v) is 10.3. The van der Waals surface area contributed by atoms with E-state index >= 15 is 0 Å². The number of hydrogen-bond acceptors (Lipinski definition) is 6. The van der Waals surface area contributed by atoms with Crippen molar-refractivity contribution < 1.29 is 14.4 Å². The normalized spacial score (nSPS) is 21.7. The number of hydrogen-bond donors (Lipinski definition) is 2. The van der Waals surface area contributed by atoms with Crippen LogP contribution in [0.2, 0.25) is 0 Å². The molecule has 7 nitrogen and oxygen atoms in total. The number of morpholine rings is 1. The van der Waals surface area contributed by atoms with Crippen LogP contribution in [0.3, 0.4) is 0 Å². The molecule has 1 amide bonds. The molecule has 0 radical (unpaired) electrons. The zero-order valence-corrected chi connectivity index (χ0v) is 16.7. The van der Waals surface area contributed by atoms with E-state index in [1.165, 1.54) is 11.1 Å². The van der Waals surface area contributed by atoms with Crippen molar-refractivity contribution in [1.29, 1.82) is 0 Å². The highest BCUT2D eigenvalue weighted by Gasteiger charge is 2.40. The number of fused-ring (bicyclic) bond motifs is 1. The van der Waals surface area contributed by atoms with Gasteiger partial charge in [0.2, 0.25) is 0 Å². The van der Waals surface area contributed by atoms with Gasteiger partial charge in [0, 0.05) is 31.2 Å². The second kappa shape index (κ2) is 8.69. The molecule has 0 aromatic carbocycles. The summed E-state index contributed by atoms with van der Waals surface area (Å²) >= 11 is 0. The number of nitrogens with one attached hydrogen (secondary N) is 2. The third-order valence-corrected chi connectivity index (χ3v) is 5.71. The van der Waals surface area contributed by atoms with Crippen LogP contribution >= 0.6 is 0 Å². The molecule has 1 aliphatic heterocycles. The second-order valence-electron chi connectivity index (χ2n) is 7.76. The fraction of sp³-hybridized carbons (Fsp3) is 0.619. The van der Waals surface area contributed by atoms with E-state index < -0.39 is 0 Å². The van der Waals surface area contributed by atoms with Gasteiger partial charge in [-0.25, -0.2) is 5.48 Å². The molecular weight excluding hydrogens is 356 g/mol. The summed E-state index contributed by atoms with van der Waals surface area (Å²) in [6, 6.07) is 2.44. The molecule has 2 atom stereocenters. The van der Waals surface area contributed by atoms with Gasteiger partial charge in [-0.15, -0.1) is 0 Å². The summed E-state index contributed by atoms with van der Waals surface area (Å²) < 4.78 is 5.73. The highest BCUT2D eigenvalue weighted by molar-refractivity contribution is 5.85. The van der Waals surface area contributed by atoms with Crippen molar-refractivity contribution in [2.45, 2.75) is 50.8 Å². The number of ether oxygens (including phenoxy) is 1. The van der Waals surface area contributed by atoms with Crippen LogP contribution in [0.25, 0.3) is 12.2 Å². The van der Waals surface area contributed by atoms with E-state index in [0.717, 1.165) is 50.2 Å². The van der Waals surface area contributed by atoms with Gasteiger partial charge in [0.15, 0.2) is 0 Å². The molecule has 1 aromatic rings. The standard InChI is InChI=1S/C21H30N4O3/c1-14(25(16-5-6-16)21(26)20-13-22-10-11-28-20)19-12-15(4-3-9-23-27-2)17-7-8-18(17)24-19/h7-8,12,14,16,20,22-23H,3-6,9-11,13H2,1-2H3/t14-,20-/m1/s1. The summed E-state index contributed by atoms with van der Waals surface area (Å²) in [5.41, 5.74) is 7.44. The SMILES string of the molecule is CONCCCc1cc([C@@H](C)N(C(=O)[C@H]2CNCCO2)C2CC2)nc2c1C=C2. The van der Waals surface area contributed by atoms with E-state index in [4.69, 9.17) is 14.6 Å². The van der Waals surface area contributed by atoms with Crippen molar-refractivity contribution in [1.82, 2.24) is 20.7 Å². The Morgan fingerprint density at radius 2 is 2.32 bits per heavy atom. The van der Waals surface area contributed by atoms with Gasteiger partial charge in [0.1, 0.15) is 6.10 Å². The van der Waals surface area contributed by atoms with Crippen LogP contribution in [0.15, 0.2) is 6.07 Å². The molecule has 2 heterocycles. The van der Waals surface area contributed by atoms with Gasteiger partial charge >= 0.3 is 0 Å². The highest BCUT2D eigenvalue weighted by atomic mass is 16.6. The van der Waals surface area contributed by atoms with Crippen LogP contribution in [0.5, 0.6) is 0 Å². The maximum atomic E-state index is 13.2. The molecule has 2 fully saturated rings. The molecular formula is C21H30N4O3. The van der Waals surface area contributed by atoms with Gasteiger partial charge in [0.25, 0.3) is 5.91 Å². The molecule has 152 valence electrons. The molecule has 1 saturated carbocycles. The summed E-state index contributed by atoms with van der Waals surface area (Å²) in [7, 11) is 1.64. The van der Waals surface area contributed by atoms with Crippen molar-refractivity contribution in [3.05, 3.63) is 28.6 Å². The average molecular weight is 386 g/mol. The Morgan fingerprint density at radius 1 is 1.46 bits per heavy atom. The third-order valence-electron chi connectivity index (χ3n) is 5.71. The zero-order chi connectivity index (χ0) is 19.5. The predicted molar refractivity (Wildman–Crippen MR) is 107 cm³/mol. The van der Waals surface area contributed by atoms with Crippen molar-refractivity contribution >= 4 is 18.1 Å². The lowest BCUT2D eigenvalue weighted by molar-refractivity contribution is -0.148. The predicted octanol–water partition coefficient (Wildman–Crippen LogP) is 1.69. The summed E-state index contributed by atoms with van der Waals surface area (Å²) in [6.07, 6.45) is 7.87. The largest absolute Gasteiger partial charge is 0.366 e. The Kier molecular flexibility index (Phi) is 6.06. The summed E-state index contributed by atoms with van der Waals surface area (Å²) in [5, 5.41) is 3.26. The minimum absolute atomic E-state index is 0.0549. The smallest absolute Gasteiger partial charge is 0.253 e. The molecule has 0 unspecified atom stereocenters. The number of amides is 1. The quantitative estimate of drug-likeness (QED) is 0.505. The van der Waals surface area contributed by atoms with E-state index in [0.29, 0.717) is 19.2 Å². The molecule has 2 N–H and O–H groups in total. The molecule has 0 spiro atoms. The second-order valence-corrected chi connectivity index (χ2v) is 7.76. The third kappa shape index (κ3) is 4.12. The first-order valence-electron chi connectivity index (χ1n) is 10.3. The minimum Gasteiger partial charge on any atom is -0.366 e. The zero-order valence-electron chi connectivity index (χ0n) is 16.7. The number of carbonyl (C=O) groups excluding carboxylic acids is 1. The Hall–Kier alpha value is -1.80. The number of hydroxylamine groups is 1. The van der Waals surface area contributed by atoms with Gasteiger partial charge in [-0.3, -0.25) is 9.78 Å².